The molecule has 1 N–H and O–H groups in total. The van der Waals surface area contributed by atoms with Gasteiger partial charge in [-0.25, -0.2) is 0 Å². The number of hydrogen-bond donors (Lipinski definition) is 1. The molecule has 0 atom stereocenters. The van der Waals surface area contributed by atoms with Crippen molar-refractivity contribution >= 4 is 0 Å². The van der Waals surface area contributed by atoms with Crippen LogP contribution in [0.2, 0.25) is 0 Å². The lowest BCUT2D eigenvalue weighted by atomic mass is 10.2. The molecule has 3 heteroatoms. The Morgan fingerprint density at radius 2 is 2.29 bits per heavy atom. The molecular weight excluding hydrogens is 174 g/mol. The topological polar surface area (TPSA) is 29.9 Å². The van der Waals surface area contributed by atoms with Gasteiger partial charge < -0.3 is 5.32 Å². The van der Waals surface area contributed by atoms with E-state index in [0.717, 1.165) is 25.4 Å². The van der Waals surface area contributed by atoms with E-state index in [9.17, 15) is 0 Å². The number of hydrogen-bond acceptors (Lipinski definition) is 2. The summed E-state index contributed by atoms with van der Waals surface area (Å²) in [6.45, 7) is 6.68. The van der Waals surface area contributed by atoms with Gasteiger partial charge in [-0.3, -0.25) is 4.68 Å². The second kappa shape index (κ2) is 5.81. The van der Waals surface area contributed by atoms with E-state index in [-0.39, 0.29) is 0 Å². The lowest BCUT2D eigenvalue weighted by Gasteiger charge is -2.07. The Labute approximate surface area is 86.5 Å². The van der Waals surface area contributed by atoms with Crippen LogP contribution in [0.5, 0.6) is 0 Å². The van der Waals surface area contributed by atoms with Gasteiger partial charge in [-0.1, -0.05) is 13.8 Å². The van der Waals surface area contributed by atoms with Crippen molar-refractivity contribution in [1.82, 2.24) is 15.1 Å². The van der Waals surface area contributed by atoms with E-state index in [1.807, 2.05) is 17.9 Å². The minimum Gasteiger partial charge on any atom is -0.316 e. The molecule has 0 saturated carbocycles. The van der Waals surface area contributed by atoms with Gasteiger partial charge in [0, 0.05) is 18.9 Å². The maximum absolute atomic E-state index is 4.14. The second-order valence-corrected chi connectivity index (χ2v) is 4.15. The molecule has 0 radical (unpaired) electrons. The Morgan fingerprint density at radius 1 is 1.50 bits per heavy atom. The van der Waals surface area contributed by atoms with Gasteiger partial charge in [0.05, 0.1) is 0 Å². The fourth-order valence-electron chi connectivity index (χ4n) is 1.43. The zero-order chi connectivity index (χ0) is 10.4. The highest BCUT2D eigenvalue weighted by Gasteiger charge is 1.98. The summed E-state index contributed by atoms with van der Waals surface area (Å²) in [6, 6.07) is 2.09. The molecule has 0 bridgehead atoms. The largest absolute Gasteiger partial charge is 0.316 e. The average Bonchev–Trinajstić information content (AvgIpc) is 2.51. The van der Waals surface area contributed by atoms with Crippen LogP contribution in [-0.4, -0.2) is 22.9 Å². The van der Waals surface area contributed by atoms with Crippen LogP contribution in [0.25, 0.3) is 0 Å². The number of aromatic nitrogens is 2. The molecule has 14 heavy (non-hydrogen) atoms. The van der Waals surface area contributed by atoms with Crippen molar-refractivity contribution in [3.63, 3.8) is 0 Å². The van der Waals surface area contributed by atoms with E-state index in [0.29, 0.717) is 0 Å². The van der Waals surface area contributed by atoms with Gasteiger partial charge in [0.2, 0.25) is 0 Å². The fraction of sp³-hybridized carbons (Fsp3) is 0.727. The van der Waals surface area contributed by atoms with Gasteiger partial charge in [0.15, 0.2) is 0 Å². The summed E-state index contributed by atoms with van der Waals surface area (Å²) >= 11 is 0. The third-order valence-electron chi connectivity index (χ3n) is 2.26. The Balaban J connectivity index is 2.08. The molecule has 0 saturated heterocycles. The van der Waals surface area contributed by atoms with E-state index < -0.39 is 0 Å². The average molecular weight is 195 g/mol. The molecule has 80 valence electrons. The molecule has 0 spiro atoms. The molecular formula is C11H21N3. The molecule has 1 aromatic heterocycles. The number of rotatable bonds is 6. The molecule has 1 heterocycles. The van der Waals surface area contributed by atoms with Crippen LogP contribution in [0, 0.1) is 5.92 Å². The summed E-state index contributed by atoms with van der Waals surface area (Å²) in [6.07, 6.45) is 4.16. The lowest BCUT2D eigenvalue weighted by Crippen LogP contribution is -2.21. The molecule has 0 fully saturated rings. The fourth-order valence-corrected chi connectivity index (χ4v) is 1.43. The van der Waals surface area contributed by atoms with Gasteiger partial charge in [-0.2, -0.15) is 5.10 Å². The predicted molar refractivity (Wildman–Crippen MR) is 59.2 cm³/mol. The molecule has 0 unspecified atom stereocenters. The second-order valence-electron chi connectivity index (χ2n) is 4.15. The minimum atomic E-state index is 0.742. The van der Waals surface area contributed by atoms with Crippen molar-refractivity contribution < 1.29 is 0 Å². The van der Waals surface area contributed by atoms with Crippen molar-refractivity contribution in [2.75, 3.05) is 13.1 Å². The van der Waals surface area contributed by atoms with E-state index in [2.05, 4.69) is 30.3 Å². The quantitative estimate of drug-likeness (QED) is 0.699. The molecule has 3 nitrogen and oxygen atoms in total. The third kappa shape index (κ3) is 3.92. The first-order chi connectivity index (χ1) is 6.70. The van der Waals surface area contributed by atoms with Crippen LogP contribution in [-0.2, 0) is 13.5 Å². The van der Waals surface area contributed by atoms with Crippen molar-refractivity contribution in [3.05, 3.63) is 18.0 Å². The molecule has 0 aliphatic carbocycles. The molecule has 0 aliphatic heterocycles. The Kier molecular flexibility index (Phi) is 4.66. The molecule has 1 aromatic rings. The van der Waals surface area contributed by atoms with Crippen LogP contribution in [0.4, 0.5) is 0 Å². The summed E-state index contributed by atoms with van der Waals surface area (Å²) in [5.74, 6) is 0.742. The first kappa shape index (κ1) is 11.2. The van der Waals surface area contributed by atoms with Gasteiger partial charge in [0.25, 0.3) is 0 Å². The Morgan fingerprint density at radius 3 is 2.86 bits per heavy atom. The summed E-state index contributed by atoms with van der Waals surface area (Å²) < 4.78 is 1.95. The van der Waals surface area contributed by atoms with Crippen molar-refractivity contribution in [2.24, 2.45) is 13.0 Å². The summed E-state index contributed by atoms with van der Waals surface area (Å²) in [5, 5.41) is 7.58. The number of nitrogens with one attached hydrogen (secondary N) is 1. The van der Waals surface area contributed by atoms with Gasteiger partial charge in [0.1, 0.15) is 0 Å². The van der Waals surface area contributed by atoms with E-state index >= 15 is 0 Å². The monoisotopic (exact) mass is 195 g/mol. The zero-order valence-corrected chi connectivity index (χ0v) is 9.45. The first-order valence-corrected chi connectivity index (χ1v) is 5.37. The van der Waals surface area contributed by atoms with E-state index in [1.54, 1.807) is 0 Å². The highest BCUT2D eigenvalue weighted by molar-refractivity contribution is 4.99. The normalized spacial score (nSPS) is 11.1. The number of aryl methyl sites for hydroxylation is 2. The summed E-state index contributed by atoms with van der Waals surface area (Å²) in [5.41, 5.74) is 1.32. The summed E-state index contributed by atoms with van der Waals surface area (Å²) in [4.78, 5) is 0. The standard InChI is InChI=1S/C11H21N3/c1-10(2)9-12-7-4-5-11-6-8-13-14(11)3/h6,8,10,12H,4-5,7,9H2,1-3H3. The molecule has 0 aromatic carbocycles. The van der Waals surface area contributed by atoms with E-state index in [1.165, 1.54) is 12.1 Å². The smallest absolute Gasteiger partial charge is 0.0492 e. The van der Waals surface area contributed by atoms with Gasteiger partial charge in [-0.15, -0.1) is 0 Å². The van der Waals surface area contributed by atoms with Gasteiger partial charge in [-0.05, 0) is 37.9 Å². The minimum absolute atomic E-state index is 0.742. The SMILES string of the molecule is CC(C)CNCCCc1ccnn1C. The highest BCUT2D eigenvalue weighted by atomic mass is 15.2. The summed E-state index contributed by atoms with van der Waals surface area (Å²) in [7, 11) is 2.00. The molecule has 0 amide bonds. The zero-order valence-electron chi connectivity index (χ0n) is 9.45. The van der Waals surface area contributed by atoms with Crippen molar-refractivity contribution in [1.29, 1.82) is 0 Å². The third-order valence-corrected chi connectivity index (χ3v) is 2.26. The molecule has 0 aliphatic rings. The maximum Gasteiger partial charge on any atom is 0.0492 e. The Hall–Kier alpha value is -0.830. The van der Waals surface area contributed by atoms with Crippen LogP contribution in [0.1, 0.15) is 26.0 Å². The van der Waals surface area contributed by atoms with E-state index in [4.69, 9.17) is 0 Å². The Bertz CT molecular complexity index is 253. The maximum atomic E-state index is 4.14. The first-order valence-electron chi connectivity index (χ1n) is 5.37. The molecule has 1 rings (SSSR count). The number of nitrogens with zero attached hydrogens (tertiary/aromatic N) is 2. The van der Waals surface area contributed by atoms with Crippen molar-refractivity contribution in [2.45, 2.75) is 26.7 Å². The van der Waals surface area contributed by atoms with Crippen LogP contribution < -0.4 is 5.32 Å². The van der Waals surface area contributed by atoms with Gasteiger partial charge >= 0.3 is 0 Å². The van der Waals surface area contributed by atoms with Crippen LogP contribution in [0.15, 0.2) is 12.3 Å². The predicted octanol–water partition coefficient (Wildman–Crippen LogP) is 1.60. The lowest BCUT2D eigenvalue weighted by molar-refractivity contribution is 0.538. The van der Waals surface area contributed by atoms with Crippen LogP contribution >= 0.6 is 0 Å². The van der Waals surface area contributed by atoms with Crippen molar-refractivity contribution in [3.8, 4) is 0 Å². The van der Waals surface area contributed by atoms with Crippen LogP contribution in [0.3, 0.4) is 0 Å². The highest BCUT2D eigenvalue weighted by Crippen LogP contribution is 1.99.